The molecule has 0 bridgehead atoms. The molecule has 3 aromatic rings. The third-order valence-corrected chi connectivity index (χ3v) is 7.30. The first-order valence-corrected chi connectivity index (χ1v) is 13.3. The number of esters is 1. The zero-order valence-electron chi connectivity index (χ0n) is 19.6. The molecule has 0 unspecified atom stereocenters. The van der Waals surface area contributed by atoms with Crippen LogP contribution in [0.25, 0.3) is 10.9 Å². The number of halogens is 3. The van der Waals surface area contributed by atoms with Gasteiger partial charge in [-0.25, -0.2) is 9.78 Å². The maximum absolute atomic E-state index is 13.2. The summed E-state index contributed by atoms with van der Waals surface area (Å²) < 4.78 is 19.8. The number of nitrogens with zero attached hydrogens (tertiary/aromatic N) is 3. The van der Waals surface area contributed by atoms with Crippen molar-refractivity contribution in [2.45, 2.75) is 40.2 Å². The number of benzene rings is 2. The van der Waals surface area contributed by atoms with Crippen molar-refractivity contribution in [3.8, 4) is 11.5 Å². The first-order chi connectivity index (χ1) is 16.7. The molecule has 0 atom stereocenters. The number of ether oxygens (including phenoxy) is 3. The van der Waals surface area contributed by atoms with Crippen LogP contribution >= 0.6 is 47.8 Å². The van der Waals surface area contributed by atoms with Crippen LogP contribution in [-0.2, 0) is 16.0 Å². The number of carbonyl (C=O) groups excluding carboxylic acids is 1. The number of aryl methyl sites for hydroxylation is 1. The summed E-state index contributed by atoms with van der Waals surface area (Å²) in [5.41, 5.74) is 0.968. The summed E-state index contributed by atoms with van der Waals surface area (Å²) in [6, 6.07) is 7.09. The molecule has 186 valence electrons. The molecule has 35 heavy (non-hydrogen) atoms. The van der Waals surface area contributed by atoms with E-state index in [1.165, 1.54) is 4.68 Å². The maximum atomic E-state index is 13.2. The van der Waals surface area contributed by atoms with Gasteiger partial charge in [-0.05, 0) is 76.9 Å². The Labute approximate surface area is 228 Å². The molecule has 2 aromatic carbocycles. The van der Waals surface area contributed by atoms with Gasteiger partial charge in [0, 0.05) is 20.9 Å². The Morgan fingerprint density at radius 2 is 1.89 bits per heavy atom. The van der Waals surface area contributed by atoms with Crippen LogP contribution in [0.4, 0.5) is 0 Å². The van der Waals surface area contributed by atoms with Gasteiger partial charge in [0.15, 0.2) is 18.1 Å². The summed E-state index contributed by atoms with van der Waals surface area (Å²) in [4.78, 5) is 29.7. The zero-order chi connectivity index (χ0) is 25.7. The van der Waals surface area contributed by atoms with Gasteiger partial charge in [0.2, 0.25) is 0 Å². The summed E-state index contributed by atoms with van der Waals surface area (Å²) >= 11 is 10.5. The highest BCUT2D eigenvalue weighted by Gasteiger charge is 2.19. The van der Waals surface area contributed by atoms with Gasteiger partial charge in [0.25, 0.3) is 5.56 Å². The highest BCUT2D eigenvalue weighted by molar-refractivity contribution is 9.13. The van der Waals surface area contributed by atoms with Gasteiger partial charge < -0.3 is 14.2 Å². The lowest BCUT2D eigenvalue weighted by molar-refractivity contribution is -0.149. The first kappa shape index (κ1) is 27.3. The third kappa shape index (κ3) is 6.50. The van der Waals surface area contributed by atoms with E-state index in [0.717, 1.165) is 4.47 Å². The van der Waals surface area contributed by atoms with E-state index in [4.69, 9.17) is 14.2 Å². The lowest BCUT2D eigenvalue weighted by atomic mass is 10.2. The van der Waals surface area contributed by atoms with E-state index in [-0.39, 0.29) is 18.3 Å². The second-order valence-electron chi connectivity index (χ2n) is 7.59. The van der Waals surface area contributed by atoms with E-state index in [9.17, 15) is 9.59 Å². The monoisotopic (exact) mass is 671 g/mol. The van der Waals surface area contributed by atoms with E-state index < -0.39 is 5.97 Å². The van der Waals surface area contributed by atoms with Crippen LogP contribution in [-0.4, -0.2) is 41.2 Å². The molecule has 0 fully saturated rings. The van der Waals surface area contributed by atoms with Crippen LogP contribution in [0.5, 0.6) is 11.5 Å². The second-order valence-corrected chi connectivity index (χ2v) is 10.1. The molecule has 1 aromatic heterocycles. The molecule has 0 saturated heterocycles. The molecule has 8 nitrogen and oxygen atoms in total. The number of fused-ring (bicyclic) bond motifs is 1. The predicted octanol–water partition coefficient (Wildman–Crippen LogP) is 5.86. The van der Waals surface area contributed by atoms with Gasteiger partial charge >= 0.3 is 5.97 Å². The Balaban J connectivity index is 2.02. The largest absolute Gasteiger partial charge is 0.490 e. The molecule has 11 heteroatoms. The fourth-order valence-electron chi connectivity index (χ4n) is 3.19. The highest BCUT2D eigenvalue weighted by Crippen LogP contribution is 2.42. The summed E-state index contributed by atoms with van der Waals surface area (Å²) in [7, 11) is 0. The minimum Gasteiger partial charge on any atom is -0.490 e. The fourth-order valence-corrected chi connectivity index (χ4v) is 4.48. The van der Waals surface area contributed by atoms with Crippen molar-refractivity contribution >= 4 is 70.9 Å². The maximum Gasteiger partial charge on any atom is 0.344 e. The Bertz CT molecular complexity index is 1340. The molecule has 0 amide bonds. The average molecular weight is 674 g/mol. The summed E-state index contributed by atoms with van der Waals surface area (Å²) in [6.45, 7) is 7.39. The lowest BCUT2D eigenvalue weighted by Crippen LogP contribution is -2.22. The zero-order valence-corrected chi connectivity index (χ0v) is 24.4. The van der Waals surface area contributed by atoms with E-state index >= 15 is 0 Å². The van der Waals surface area contributed by atoms with Crippen LogP contribution in [0.3, 0.4) is 0 Å². The van der Waals surface area contributed by atoms with Crippen LogP contribution in [0.2, 0.25) is 0 Å². The van der Waals surface area contributed by atoms with Crippen LogP contribution in [0, 0.1) is 0 Å². The fraction of sp³-hybridized carbons (Fsp3) is 0.333. The third-order valence-electron chi connectivity index (χ3n) is 4.66. The Kier molecular flexibility index (Phi) is 9.48. The van der Waals surface area contributed by atoms with E-state index in [0.29, 0.717) is 55.8 Å². The molecule has 0 radical (unpaired) electrons. The van der Waals surface area contributed by atoms with Crippen molar-refractivity contribution < 1.29 is 19.0 Å². The molecule has 0 aliphatic rings. The van der Waals surface area contributed by atoms with Crippen molar-refractivity contribution in [2.75, 3.05) is 13.2 Å². The number of rotatable bonds is 9. The Morgan fingerprint density at radius 1 is 1.14 bits per heavy atom. The standard InChI is InChI=1S/C24H24Br3N3O5/c1-5-19-29-17-8-7-15(25)10-16(17)24(32)30(19)28-11-14-9-18(33-6-2)23(22(27)21(14)26)34-12-20(31)35-13(3)4/h7-11,13H,5-6,12H2,1-4H3. The van der Waals surface area contributed by atoms with Gasteiger partial charge in [-0.3, -0.25) is 4.79 Å². The predicted molar refractivity (Wildman–Crippen MR) is 146 cm³/mol. The van der Waals surface area contributed by atoms with E-state index in [1.807, 2.05) is 19.9 Å². The molecule has 0 aliphatic heterocycles. The topological polar surface area (TPSA) is 92.0 Å². The molecule has 0 spiro atoms. The van der Waals surface area contributed by atoms with Gasteiger partial charge in [-0.15, -0.1) is 0 Å². The Hall–Kier alpha value is -2.24. The highest BCUT2D eigenvalue weighted by atomic mass is 79.9. The molecule has 0 saturated carbocycles. The average Bonchev–Trinajstić information content (AvgIpc) is 2.81. The SMILES string of the molecule is CCOc1cc(C=Nn2c(CC)nc3ccc(Br)cc3c2=O)c(Br)c(Br)c1OCC(=O)OC(C)C. The summed E-state index contributed by atoms with van der Waals surface area (Å²) in [5, 5.41) is 4.91. The lowest BCUT2D eigenvalue weighted by Gasteiger charge is -2.16. The van der Waals surface area contributed by atoms with Crippen molar-refractivity contribution in [1.29, 1.82) is 0 Å². The minimum absolute atomic E-state index is 0.242. The normalized spacial score (nSPS) is 11.4. The molecule has 0 N–H and O–H groups in total. The molecular formula is C24H24Br3N3O5. The quantitative estimate of drug-likeness (QED) is 0.209. The van der Waals surface area contributed by atoms with Crippen molar-refractivity contribution in [3.05, 3.63) is 59.4 Å². The minimum atomic E-state index is -0.488. The molecule has 1 heterocycles. The van der Waals surface area contributed by atoms with E-state index in [1.54, 1.807) is 38.3 Å². The second kappa shape index (κ2) is 12.1. The smallest absolute Gasteiger partial charge is 0.344 e. The number of hydrogen-bond acceptors (Lipinski definition) is 7. The number of hydrogen-bond donors (Lipinski definition) is 0. The van der Waals surface area contributed by atoms with Gasteiger partial charge in [-0.2, -0.15) is 9.78 Å². The molecular weight excluding hydrogens is 650 g/mol. The van der Waals surface area contributed by atoms with Crippen molar-refractivity contribution in [2.24, 2.45) is 5.10 Å². The number of aromatic nitrogens is 2. The van der Waals surface area contributed by atoms with Crippen LogP contribution in [0.1, 0.15) is 39.1 Å². The number of carbonyl (C=O) groups is 1. The van der Waals surface area contributed by atoms with Crippen molar-refractivity contribution in [3.63, 3.8) is 0 Å². The summed E-state index contributed by atoms with van der Waals surface area (Å²) in [5.74, 6) is 0.799. The van der Waals surface area contributed by atoms with E-state index in [2.05, 4.69) is 57.9 Å². The van der Waals surface area contributed by atoms with Crippen molar-refractivity contribution in [1.82, 2.24) is 9.66 Å². The van der Waals surface area contributed by atoms with Crippen LogP contribution < -0.4 is 15.0 Å². The Morgan fingerprint density at radius 3 is 2.54 bits per heavy atom. The van der Waals surface area contributed by atoms with Crippen LogP contribution in [0.15, 0.2) is 47.6 Å². The van der Waals surface area contributed by atoms with Gasteiger partial charge in [0.1, 0.15) is 5.82 Å². The van der Waals surface area contributed by atoms with Gasteiger partial charge in [0.05, 0.1) is 34.3 Å². The summed E-state index contributed by atoms with van der Waals surface area (Å²) in [6.07, 6.45) is 1.82. The molecule has 3 rings (SSSR count). The molecule has 0 aliphatic carbocycles. The van der Waals surface area contributed by atoms with Gasteiger partial charge in [-0.1, -0.05) is 22.9 Å². The first-order valence-electron chi connectivity index (χ1n) is 10.9.